The number of hydrogen-bond acceptors (Lipinski definition) is 3. The molecule has 10 heteroatoms. The smallest absolute Gasteiger partial charge is 0.477 e. The van der Waals surface area contributed by atoms with Gasteiger partial charge in [-0.3, -0.25) is 4.79 Å². The number of pyridine rings is 1. The highest BCUT2D eigenvalue weighted by Gasteiger charge is 2.31. The number of nitrogens with zero attached hydrogens (tertiary/aromatic N) is 1. The van der Waals surface area contributed by atoms with E-state index in [4.69, 9.17) is 0 Å². The molecule has 0 unspecified atom stereocenters. The zero-order valence-electron chi connectivity index (χ0n) is 13.8. The normalized spacial score (nSPS) is 11.6. The summed E-state index contributed by atoms with van der Waals surface area (Å²) in [4.78, 5) is 23.5. The molecule has 0 saturated heterocycles. The summed E-state index contributed by atoms with van der Waals surface area (Å²) in [7, 11) is 0. The van der Waals surface area contributed by atoms with Crippen molar-refractivity contribution in [2.45, 2.75) is 12.9 Å². The van der Waals surface area contributed by atoms with Crippen molar-refractivity contribution < 1.29 is 36.6 Å². The van der Waals surface area contributed by atoms with Crippen molar-refractivity contribution in [2.75, 3.05) is 0 Å². The van der Waals surface area contributed by atoms with E-state index in [1.807, 2.05) is 0 Å². The second-order valence-electron chi connectivity index (χ2n) is 5.75. The van der Waals surface area contributed by atoms with Crippen LogP contribution in [0, 0.1) is 11.6 Å². The molecule has 0 aliphatic heterocycles. The summed E-state index contributed by atoms with van der Waals surface area (Å²) in [5, 5.41) is 8.41. The molecular formula is C18H10F5NO4. The molecule has 0 atom stereocenters. The Morgan fingerprint density at radius 1 is 1.11 bits per heavy atom. The third kappa shape index (κ3) is 3.80. The van der Waals surface area contributed by atoms with E-state index in [2.05, 4.69) is 4.74 Å². The van der Waals surface area contributed by atoms with E-state index in [0.717, 1.165) is 29.0 Å². The van der Waals surface area contributed by atoms with Gasteiger partial charge in [0.1, 0.15) is 22.9 Å². The molecule has 0 aliphatic carbocycles. The average Bonchev–Trinajstić information content (AvgIpc) is 2.58. The fourth-order valence-corrected chi connectivity index (χ4v) is 2.77. The predicted octanol–water partition coefficient (Wildman–Crippen LogP) is 3.92. The lowest BCUT2D eigenvalue weighted by Crippen LogP contribution is -2.21. The average molecular weight is 399 g/mol. The van der Waals surface area contributed by atoms with Gasteiger partial charge < -0.3 is 14.4 Å². The van der Waals surface area contributed by atoms with E-state index in [1.54, 1.807) is 0 Å². The summed E-state index contributed by atoms with van der Waals surface area (Å²) >= 11 is 0. The Bertz CT molecular complexity index is 1140. The zero-order chi connectivity index (χ0) is 20.6. The van der Waals surface area contributed by atoms with Gasteiger partial charge in [0.25, 0.3) is 0 Å². The summed E-state index contributed by atoms with van der Waals surface area (Å²) in [6.07, 6.45) is -4.11. The number of carboxylic acid groups (broad SMARTS) is 1. The predicted molar refractivity (Wildman–Crippen MR) is 87.3 cm³/mol. The Morgan fingerprint density at radius 3 is 2.43 bits per heavy atom. The minimum Gasteiger partial charge on any atom is -0.477 e. The van der Waals surface area contributed by atoms with Crippen LogP contribution in [0.25, 0.3) is 10.9 Å². The molecule has 0 bridgehead atoms. The fourth-order valence-electron chi connectivity index (χ4n) is 2.77. The standard InChI is InChI=1S/C18H10F5NO4/c19-12-4-5-13(20)15-14(12)16(25)11(17(26)27)8-24(15)7-9-2-1-3-10(6-9)28-18(21,22)23/h1-6,8H,7H2,(H,26,27). The first-order valence-corrected chi connectivity index (χ1v) is 7.66. The Morgan fingerprint density at radius 2 is 1.79 bits per heavy atom. The van der Waals surface area contributed by atoms with Crippen molar-refractivity contribution >= 4 is 16.9 Å². The van der Waals surface area contributed by atoms with Crippen molar-refractivity contribution in [1.29, 1.82) is 0 Å². The van der Waals surface area contributed by atoms with Crippen molar-refractivity contribution in [2.24, 2.45) is 0 Å². The number of aromatic nitrogens is 1. The maximum atomic E-state index is 14.3. The lowest BCUT2D eigenvalue weighted by Gasteiger charge is -2.15. The fraction of sp³-hybridized carbons (Fsp3) is 0.111. The Labute approximate surface area is 153 Å². The molecule has 28 heavy (non-hydrogen) atoms. The largest absolute Gasteiger partial charge is 0.573 e. The lowest BCUT2D eigenvalue weighted by molar-refractivity contribution is -0.274. The van der Waals surface area contributed by atoms with E-state index < -0.39 is 51.6 Å². The van der Waals surface area contributed by atoms with Gasteiger partial charge >= 0.3 is 12.3 Å². The van der Waals surface area contributed by atoms with Gasteiger partial charge in [0.2, 0.25) is 5.43 Å². The van der Waals surface area contributed by atoms with Crippen LogP contribution in [0.2, 0.25) is 0 Å². The molecule has 1 N–H and O–H groups in total. The quantitative estimate of drug-likeness (QED) is 0.676. The van der Waals surface area contributed by atoms with Gasteiger partial charge in [0.15, 0.2) is 0 Å². The Kier molecular flexibility index (Phi) is 4.80. The molecule has 3 aromatic rings. The molecule has 146 valence electrons. The van der Waals surface area contributed by atoms with Crippen molar-refractivity contribution in [1.82, 2.24) is 4.57 Å². The molecule has 5 nitrogen and oxygen atoms in total. The molecule has 0 radical (unpaired) electrons. The van der Waals surface area contributed by atoms with E-state index in [1.165, 1.54) is 12.1 Å². The first-order chi connectivity index (χ1) is 13.1. The van der Waals surface area contributed by atoms with Crippen LogP contribution in [0.3, 0.4) is 0 Å². The van der Waals surface area contributed by atoms with Crippen molar-refractivity contribution in [3.05, 3.63) is 75.6 Å². The molecule has 0 aliphatic rings. The highest BCUT2D eigenvalue weighted by molar-refractivity contribution is 5.92. The highest BCUT2D eigenvalue weighted by Crippen LogP contribution is 2.25. The number of carbonyl (C=O) groups is 1. The molecule has 0 saturated carbocycles. The van der Waals surface area contributed by atoms with Crippen LogP contribution < -0.4 is 10.2 Å². The Hall–Kier alpha value is -3.43. The molecule has 2 aromatic carbocycles. The van der Waals surface area contributed by atoms with E-state index in [-0.39, 0.29) is 12.1 Å². The van der Waals surface area contributed by atoms with E-state index in [0.29, 0.717) is 6.07 Å². The zero-order valence-corrected chi connectivity index (χ0v) is 13.8. The maximum Gasteiger partial charge on any atom is 0.573 e. The van der Waals surface area contributed by atoms with Crippen LogP contribution in [0.1, 0.15) is 15.9 Å². The highest BCUT2D eigenvalue weighted by atomic mass is 19.4. The van der Waals surface area contributed by atoms with Crippen LogP contribution in [0.15, 0.2) is 47.4 Å². The third-order valence-corrected chi connectivity index (χ3v) is 3.84. The van der Waals surface area contributed by atoms with Crippen molar-refractivity contribution in [3.8, 4) is 5.75 Å². The number of benzene rings is 2. The van der Waals surface area contributed by atoms with E-state index >= 15 is 0 Å². The summed E-state index contributed by atoms with van der Waals surface area (Å²) in [5.41, 5.74) is -2.34. The van der Waals surface area contributed by atoms with Gasteiger partial charge in [-0.25, -0.2) is 13.6 Å². The molecule has 0 spiro atoms. The van der Waals surface area contributed by atoms with Gasteiger partial charge in [-0.1, -0.05) is 12.1 Å². The second-order valence-corrected chi connectivity index (χ2v) is 5.75. The van der Waals surface area contributed by atoms with Crippen LogP contribution >= 0.6 is 0 Å². The molecule has 0 amide bonds. The number of carboxylic acids is 1. The summed E-state index contributed by atoms with van der Waals surface area (Å²) < 4.78 is 70.3. The van der Waals surface area contributed by atoms with Crippen LogP contribution in [-0.4, -0.2) is 22.0 Å². The minimum absolute atomic E-state index is 0.173. The van der Waals surface area contributed by atoms with Gasteiger partial charge in [0.05, 0.1) is 10.9 Å². The summed E-state index contributed by atoms with van der Waals surface area (Å²) in [6, 6.07) is 6.13. The first kappa shape index (κ1) is 19.3. The number of rotatable bonds is 4. The third-order valence-electron chi connectivity index (χ3n) is 3.84. The van der Waals surface area contributed by atoms with Crippen LogP contribution in [0.5, 0.6) is 5.75 Å². The topological polar surface area (TPSA) is 68.5 Å². The number of alkyl halides is 3. The molecule has 1 heterocycles. The first-order valence-electron chi connectivity index (χ1n) is 7.66. The number of ether oxygens (including phenoxy) is 1. The van der Waals surface area contributed by atoms with Gasteiger partial charge in [-0.2, -0.15) is 0 Å². The Balaban J connectivity index is 2.17. The number of hydrogen-bond donors (Lipinski definition) is 1. The summed E-state index contributed by atoms with van der Waals surface area (Å²) in [5.74, 6) is -4.31. The van der Waals surface area contributed by atoms with Crippen molar-refractivity contribution in [3.63, 3.8) is 0 Å². The monoisotopic (exact) mass is 399 g/mol. The maximum absolute atomic E-state index is 14.3. The van der Waals surface area contributed by atoms with Gasteiger partial charge in [-0.15, -0.1) is 13.2 Å². The van der Waals surface area contributed by atoms with Crippen LogP contribution in [-0.2, 0) is 6.54 Å². The summed E-state index contributed by atoms with van der Waals surface area (Å²) in [6.45, 7) is -0.341. The number of aromatic carboxylic acids is 1. The number of halogens is 5. The van der Waals surface area contributed by atoms with Crippen LogP contribution in [0.4, 0.5) is 22.0 Å². The molecule has 1 aromatic heterocycles. The molecular weight excluding hydrogens is 389 g/mol. The van der Waals surface area contributed by atoms with E-state index in [9.17, 15) is 36.6 Å². The minimum atomic E-state index is -4.92. The second kappa shape index (κ2) is 6.95. The SMILES string of the molecule is O=C(O)c1cn(Cc2cccc(OC(F)(F)F)c2)c2c(F)ccc(F)c2c1=O. The molecule has 3 rings (SSSR count). The van der Waals surface area contributed by atoms with Gasteiger partial charge in [0, 0.05) is 12.7 Å². The lowest BCUT2D eigenvalue weighted by atomic mass is 10.1. The van der Waals surface area contributed by atoms with Gasteiger partial charge in [-0.05, 0) is 29.8 Å². The number of fused-ring (bicyclic) bond motifs is 1. The molecule has 0 fully saturated rings.